The molecule has 1 heterocycles. The van der Waals surface area contributed by atoms with E-state index in [0.29, 0.717) is 6.42 Å². The van der Waals surface area contributed by atoms with Gasteiger partial charge in [0.05, 0.1) is 22.9 Å². The lowest BCUT2D eigenvalue weighted by molar-refractivity contribution is -0.150. The van der Waals surface area contributed by atoms with Gasteiger partial charge in [0.25, 0.3) is 5.91 Å². The number of hydrogen-bond donors (Lipinski definition) is 1. The van der Waals surface area contributed by atoms with Crippen molar-refractivity contribution in [1.82, 2.24) is 8.43 Å². The summed E-state index contributed by atoms with van der Waals surface area (Å²) in [6.07, 6.45) is 2.31. The van der Waals surface area contributed by atoms with Gasteiger partial charge in [0.15, 0.2) is 5.11 Å². The van der Waals surface area contributed by atoms with Gasteiger partial charge in [-0.3, -0.25) is 9.59 Å². The Balaban J connectivity index is 3.15. The van der Waals surface area contributed by atoms with Gasteiger partial charge in [0.1, 0.15) is 5.41 Å². The molecular weight excluding hydrogens is 351 g/mol. The second-order valence-electron chi connectivity index (χ2n) is 4.36. The van der Waals surface area contributed by atoms with Crippen LogP contribution in [0.3, 0.4) is 0 Å². The standard InChI is InChI=1S/C11H17IN2O2S/c1-4-6-7(3)11(5-2)8(15)13-10(17)14(12)9(11)16/h7H,4-6H2,1-3H3,(H,13,15,17). The highest BCUT2D eigenvalue weighted by molar-refractivity contribution is 14.1. The van der Waals surface area contributed by atoms with E-state index in [4.69, 9.17) is 12.2 Å². The molecule has 0 radical (unpaired) electrons. The summed E-state index contributed by atoms with van der Waals surface area (Å²) >= 11 is 6.81. The van der Waals surface area contributed by atoms with Gasteiger partial charge in [-0.25, -0.2) is 3.11 Å². The van der Waals surface area contributed by atoms with E-state index in [0.717, 1.165) is 12.8 Å². The lowest BCUT2D eigenvalue weighted by atomic mass is 9.70. The molecule has 2 amide bonds. The highest BCUT2D eigenvalue weighted by Crippen LogP contribution is 2.39. The van der Waals surface area contributed by atoms with E-state index >= 15 is 0 Å². The number of rotatable bonds is 4. The second kappa shape index (κ2) is 5.60. The first-order valence-electron chi connectivity index (χ1n) is 5.77. The average Bonchev–Trinajstić information content (AvgIpc) is 2.28. The Morgan fingerprint density at radius 3 is 2.53 bits per heavy atom. The zero-order valence-electron chi connectivity index (χ0n) is 10.2. The molecule has 0 spiro atoms. The minimum Gasteiger partial charge on any atom is -0.301 e. The van der Waals surface area contributed by atoms with Crippen LogP contribution in [0.4, 0.5) is 0 Å². The van der Waals surface area contributed by atoms with Crippen molar-refractivity contribution in [2.24, 2.45) is 11.3 Å². The monoisotopic (exact) mass is 368 g/mol. The van der Waals surface area contributed by atoms with Crippen molar-refractivity contribution >= 4 is 52.0 Å². The fraction of sp³-hybridized carbons (Fsp3) is 0.727. The highest BCUT2D eigenvalue weighted by Gasteiger charge is 2.54. The fourth-order valence-electron chi connectivity index (χ4n) is 2.40. The normalized spacial score (nSPS) is 27.1. The van der Waals surface area contributed by atoms with E-state index in [1.807, 2.05) is 36.7 Å². The molecule has 1 aliphatic heterocycles. The Bertz CT molecular complexity index is 361. The van der Waals surface area contributed by atoms with Crippen LogP contribution in [0.5, 0.6) is 0 Å². The fourth-order valence-corrected chi connectivity index (χ4v) is 3.12. The van der Waals surface area contributed by atoms with E-state index in [-0.39, 0.29) is 22.8 Å². The third kappa shape index (κ3) is 2.33. The number of amides is 2. The number of nitrogens with zero attached hydrogens (tertiary/aromatic N) is 1. The molecule has 1 N–H and O–H groups in total. The zero-order valence-corrected chi connectivity index (χ0v) is 13.2. The number of thiocarbonyl (C=S) groups is 1. The van der Waals surface area contributed by atoms with E-state index < -0.39 is 5.41 Å². The van der Waals surface area contributed by atoms with Crippen LogP contribution in [-0.2, 0) is 9.59 Å². The van der Waals surface area contributed by atoms with Crippen molar-refractivity contribution in [3.63, 3.8) is 0 Å². The third-order valence-electron chi connectivity index (χ3n) is 3.48. The summed E-state index contributed by atoms with van der Waals surface area (Å²) in [5, 5.41) is 2.82. The summed E-state index contributed by atoms with van der Waals surface area (Å²) < 4.78 is 1.35. The molecule has 0 aromatic heterocycles. The van der Waals surface area contributed by atoms with Crippen LogP contribution in [0.25, 0.3) is 0 Å². The summed E-state index contributed by atoms with van der Waals surface area (Å²) in [5.74, 6) is -0.412. The molecule has 1 fully saturated rings. The molecule has 1 rings (SSSR count). The first-order chi connectivity index (χ1) is 7.91. The average molecular weight is 368 g/mol. The molecule has 0 aromatic rings. The molecular formula is C11H17IN2O2S. The van der Waals surface area contributed by atoms with Gasteiger partial charge in [0, 0.05) is 0 Å². The first-order valence-corrected chi connectivity index (χ1v) is 7.14. The Hall–Kier alpha value is -0.240. The zero-order chi connectivity index (χ0) is 13.2. The number of hydrogen-bond acceptors (Lipinski definition) is 3. The molecule has 0 aliphatic carbocycles. The molecule has 96 valence electrons. The topological polar surface area (TPSA) is 49.4 Å². The van der Waals surface area contributed by atoms with Crippen LogP contribution in [0.15, 0.2) is 0 Å². The van der Waals surface area contributed by atoms with Gasteiger partial charge < -0.3 is 5.32 Å². The van der Waals surface area contributed by atoms with Gasteiger partial charge >= 0.3 is 0 Å². The molecule has 2 unspecified atom stereocenters. The molecule has 6 heteroatoms. The number of carbonyl (C=O) groups excluding carboxylic acids is 2. The van der Waals surface area contributed by atoms with Gasteiger partial charge in [-0.05, 0) is 31.0 Å². The van der Waals surface area contributed by atoms with E-state index in [1.54, 1.807) is 0 Å². The molecule has 0 aromatic carbocycles. The number of carbonyl (C=O) groups is 2. The number of nitrogens with one attached hydrogen (secondary N) is 1. The van der Waals surface area contributed by atoms with E-state index in [9.17, 15) is 9.59 Å². The quantitative estimate of drug-likeness (QED) is 0.359. The Morgan fingerprint density at radius 1 is 1.47 bits per heavy atom. The van der Waals surface area contributed by atoms with Gasteiger partial charge in [-0.2, -0.15) is 0 Å². The van der Waals surface area contributed by atoms with Crippen molar-refractivity contribution in [2.75, 3.05) is 0 Å². The molecule has 0 saturated carbocycles. The van der Waals surface area contributed by atoms with Gasteiger partial charge in [-0.15, -0.1) is 0 Å². The van der Waals surface area contributed by atoms with Crippen molar-refractivity contribution in [3.05, 3.63) is 0 Å². The number of halogens is 1. The summed E-state index contributed by atoms with van der Waals surface area (Å²) in [5.41, 5.74) is -0.959. The Labute approximate surface area is 121 Å². The lowest BCUT2D eigenvalue weighted by Crippen LogP contribution is -2.62. The van der Waals surface area contributed by atoms with Crippen LogP contribution >= 0.6 is 35.1 Å². The predicted molar refractivity (Wildman–Crippen MR) is 78.4 cm³/mol. The maximum atomic E-state index is 12.4. The molecule has 0 bridgehead atoms. The van der Waals surface area contributed by atoms with Crippen molar-refractivity contribution in [2.45, 2.75) is 40.0 Å². The highest BCUT2D eigenvalue weighted by atomic mass is 127. The van der Waals surface area contributed by atoms with E-state index in [2.05, 4.69) is 12.2 Å². The predicted octanol–water partition coefficient (Wildman–Crippen LogP) is 2.41. The van der Waals surface area contributed by atoms with Crippen molar-refractivity contribution in [3.8, 4) is 0 Å². The lowest BCUT2D eigenvalue weighted by Gasteiger charge is -2.41. The Kier molecular flexibility index (Phi) is 4.88. The van der Waals surface area contributed by atoms with Gasteiger partial charge in [-0.1, -0.05) is 27.2 Å². The maximum Gasteiger partial charge on any atom is 0.253 e. The van der Waals surface area contributed by atoms with Gasteiger partial charge in [0.2, 0.25) is 5.91 Å². The molecule has 1 saturated heterocycles. The van der Waals surface area contributed by atoms with Crippen LogP contribution in [0.2, 0.25) is 0 Å². The summed E-state index contributed by atoms with van der Waals surface area (Å²) in [7, 11) is 0. The minimum atomic E-state index is -0.959. The minimum absolute atomic E-state index is 0.0189. The van der Waals surface area contributed by atoms with Crippen LogP contribution in [-0.4, -0.2) is 20.0 Å². The summed E-state index contributed by atoms with van der Waals surface area (Å²) in [6, 6.07) is 0. The van der Waals surface area contributed by atoms with Crippen LogP contribution < -0.4 is 5.32 Å². The molecule has 4 nitrogen and oxygen atoms in total. The van der Waals surface area contributed by atoms with Crippen molar-refractivity contribution < 1.29 is 9.59 Å². The summed E-state index contributed by atoms with van der Waals surface area (Å²) in [6.45, 7) is 5.89. The smallest absolute Gasteiger partial charge is 0.253 e. The van der Waals surface area contributed by atoms with Crippen molar-refractivity contribution in [1.29, 1.82) is 0 Å². The Morgan fingerprint density at radius 2 is 2.06 bits per heavy atom. The van der Waals surface area contributed by atoms with Crippen LogP contribution in [0, 0.1) is 11.3 Å². The molecule has 1 aliphatic rings. The molecule has 2 atom stereocenters. The second-order valence-corrected chi connectivity index (χ2v) is 5.71. The maximum absolute atomic E-state index is 12.4. The van der Waals surface area contributed by atoms with E-state index in [1.165, 1.54) is 3.11 Å². The SMILES string of the molecule is CCCC(C)C1(CC)C(=O)NC(=S)N(I)C1=O. The first kappa shape index (κ1) is 14.8. The third-order valence-corrected chi connectivity index (χ3v) is 5.02. The van der Waals surface area contributed by atoms with Crippen LogP contribution in [0.1, 0.15) is 40.0 Å². The largest absolute Gasteiger partial charge is 0.301 e. The molecule has 17 heavy (non-hydrogen) atoms. The summed E-state index contributed by atoms with van der Waals surface area (Å²) in [4.78, 5) is 24.6.